The van der Waals surface area contributed by atoms with E-state index in [0.717, 1.165) is 19.3 Å². The molecule has 8 nitrogen and oxygen atoms in total. The first kappa shape index (κ1) is 31.5. The molecule has 0 radical (unpaired) electrons. The molecule has 37 heavy (non-hydrogen) atoms. The maximum atomic E-state index is 13.7. The van der Waals surface area contributed by atoms with Crippen molar-refractivity contribution in [1.82, 2.24) is 15.5 Å². The molecular weight excluding hydrogens is 468 g/mol. The van der Waals surface area contributed by atoms with Crippen molar-refractivity contribution in [2.24, 2.45) is 22.0 Å². The van der Waals surface area contributed by atoms with Gasteiger partial charge in [0.15, 0.2) is 6.10 Å². The zero-order valence-electron chi connectivity index (χ0n) is 24.7. The van der Waals surface area contributed by atoms with Gasteiger partial charge in [0.05, 0.1) is 12.1 Å². The summed E-state index contributed by atoms with van der Waals surface area (Å²) in [7, 11) is 0. The Balaban J connectivity index is 2.24. The highest BCUT2D eigenvalue weighted by atomic mass is 16.3. The number of nitrogens with two attached hydrogens (primary N) is 1. The van der Waals surface area contributed by atoms with E-state index < -0.39 is 35.6 Å². The number of carbonyl (C=O) groups is 3. The first-order chi connectivity index (χ1) is 17.1. The van der Waals surface area contributed by atoms with E-state index in [1.54, 1.807) is 4.90 Å². The summed E-state index contributed by atoms with van der Waals surface area (Å²) in [6.45, 7) is 16.9. The standard InChI is InChI=1S/C29H54N4O4/c1-9-12-20(22(34)25(36)31-19-13-14-19)32-24(35)21(10-2)33(26(37)23(30)27(3,4)5)18-17-28(6,7)29(8)15-11-16-29/h19-23,34H,9-18,30H2,1-8H3,(H,31,36)(H,32,35)/t20?,21-,22?,23+/m0/s1. The summed E-state index contributed by atoms with van der Waals surface area (Å²) in [5.74, 6) is -1.03. The highest BCUT2D eigenvalue weighted by molar-refractivity contribution is 5.91. The second kappa shape index (κ2) is 12.5. The molecule has 3 amide bonds. The quantitative estimate of drug-likeness (QED) is 0.278. The lowest BCUT2D eigenvalue weighted by Crippen LogP contribution is -2.60. The zero-order chi connectivity index (χ0) is 28.2. The first-order valence-corrected chi connectivity index (χ1v) is 14.4. The Morgan fingerprint density at radius 1 is 1.08 bits per heavy atom. The van der Waals surface area contributed by atoms with Crippen molar-refractivity contribution in [3.05, 3.63) is 0 Å². The van der Waals surface area contributed by atoms with Crippen LogP contribution >= 0.6 is 0 Å². The third-order valence-corrected chi connectivity index (χ3v) is 9.12. The van der Waals surface area contributed by atoms with Crippen LogP contribution in [0.3, 0.4) is 0 Å². The molecule has 2 fully saturated rings. The van der Waals surface area contributed by atoms with Crippen LogP contribution in [0.1, 0.15) is 113 Å². The molecule has 2 aliphatic carbocycles. The summed E-state index contributed by atoms with van der Waals surface area (Å²) in [5.41, 5.74) is 6.20. The van der Waals surface area contributed by atoms with Crippen LogP contribution in [-0.2, 0) is 14.4 Å². The summed E-state index contributed by atoms with van der Waals surface area (Å²) < 4.78 is 0. The van der Waals surface area contributed by atoms with Gasteiger partial charge in [-0.15, -0.1) is 0 Å². The highest BCUT2D eigenvalue weighted by Gasteiger charge is 2.46. The SMILES string of the molecule is CCCC(NC(=O)[C@H](CC)N(CCC(C)(C)C1(C)CCC1)C(=O)[C@@H](N)C(C)(C)C)C(O)C(=O)NC1CC1. The molecule has 0 saturated heterocycles. The number of carbonyl (C=O) groups excluding carboxylic acids is 3. The van der Waals surface area contributed by atoms with Crippen molar-refractivity contribution in [1.29, 1.82) is 0 Å². The fraction of sp³-hybridized carbons (Fsp3) is 0.897. The molecule has 8 heteroatoms. The Hall–Kier alpha value is -1.67. The number of amides is 3. The number of nitrogens with zero attached hydrogens (tertiary/aromatic N) is 1. The number of rotatable bonds is 14. The molecular formula is C29H54N4O4. The van der Waals surface area contributed by atoms with Crippen LogP contribution < -0.4 is 16.4 Å². The summed E-state index contributed by atoms with van der Waals surface area (Å²) in [6.07, 6.45) is 6.41. The number of aliphatic hydroxyl groups excluding tert-OH is 1. The molecule has 0 bridgehead atoms. The lowest BCUT2D eigenvalue weighted by Gasteiger charge is -2.52. The summed E-state index contributed by atoms with van der Waals surface area (Å²) in [4.78, 5) is 41.6. The van der Waals surface area contributed by atoms with Crippen LogP contribution in [0.5, 0.6) is 0 Å². The molecule has 0 aromatic heterocycles. The van der Waals surface area contributed by atoms with Crippen molar-refractivity contribution >= 4 is 17.7 Å². The van der Waals surface area contributed by atoms with Crippen molar-refractivity contribution < 1.29 is 19.5 Å². The molecule has 2 rings (SSSR count). The average molecular weight is 523 g/mol. The molecule has 2 aliphatic rings. The summed E-state index contributed by atoms with van der Waals surface area (Å²) in [6, 6.07) is -2.08. The summed E-state index contributed by atoms with van der Waals surface area (Å²) >= 11 is 0. The van der Waals surface area contributed by atoms with Crippen molar-refractivity contribution in [2.45, 2.75) is 143 Å². The molecule has 0 aromatic rings. The normalized spacial score (nSPS) is 20.7. The Kier molecular flexibility index (Phi) is 10.6. The third-order valence-electron chi connectivity index (χ3n) is 9.12. The van der Waals surface area contributed by atoms with Crippen LogP contribution in [0.4, 0.5) is 0 Å². The zero-order valence-corrected chi connectivity index (χ0v) is 24.7. The average Bonchev–Trinajstić information content (AvgIpc) is 3.61. The van der Waals surface area contributed by atoms with Gasteiger partial charge in [0, 0.05) is 12.6 Å². The maximum Gasteiger partial charge on any atom is 0.251 e. The van der Waals surface area contributed by atoms with E-state index in [0.29, 0.717) is 25.8 Å². The van der Waals surface area contributed by atoms with E-state index in [9.17, 15) is 19.5 Å². The Morgan fingerprint density at radius 2 is 1.68 bits per heavy atom. The van der Waals surface area contributed by atoms with E-state index in [4.69, 9.17) is 5.73 Å². The highest BCUT2D eigenvalue weighted by Crippen LogP contribution is 2.55. The van der Waals surface area contributed by atoms with Gasteiger partial charge in [-0.05, 0) is 61.2 Å². The van der Waals surface area contributed by atoms with Crippen LogP contribution in [0.15, 0.2) is 0 Å². The monoisotopic (exact) mass is 522 g/mol. The lowest BCUT2D eigenvalue weighted by atomic mass is 9.54. The first-order valence-electron chi connectivity index (χ1n) is 14.4. The van der Waals surface area contributed by atoms with Gasteiger partial charge in [-0.3, -0.25) is 14.4 Å². The minimum atomic E-state index is -1.33. The fourth-order valence-electron chi connectivity index (χ4n) is 5.20. The molecule has 4 atom stereocenters. The Labute approximate surface area is 224 Å². The van der Waals surface area contributed by atoms with Crippen molar-refractivity contribution in [3.8, 4) is 0 Å². The number of nitrogens with one attached hydrogen (secondary N) is 2. The second-order valence-electron chi connectivity index (χ2n) is 13.5. The van der Waals surface area contributed by atoms with Gasteiger partial charge in [-0.1, -0.05) is 68.2 Å². The van der Waals surface area contributed by atoms with Gasteiger partial charge < -0.3 is 26.4 Å². The van der Waals surface area contributed by atoms with E-state index in [1.165, 1.54) is 19.3 Å². The van der Waals surface area contributed by atoms with Gasteiger partial charge in [0.1, 0.15) is 6.04 Å². The smallest absolute Gasteiger partial charge is 0.251 e. The van der Waals surface area contributed by atoms with Gasteiger partial charge in [-0.25, -0.2) is 0 Å². The van der Waals surface area contributed by atoms with E-state index in [-0.39, 0.29) is 28.7 Å². The molecule has 0 aromatic carbocycles. The van der Waals surface area contributed by atoms with Gasteiger partial charge in [0.25, 0.3) is 5.91 Å². The third kappa shape index (κ3) is 7.92. The predicted octanol–water partition coefficient (Wildman–Crippen LogP) is 3.50. The molecule has 0 aliphatic heterocycles. The number of aliphatic hydroxyl groups is 1. The van der Waals surface area contributed by atoms with Gasteiger partial charge in [-0.2, -0.15) is 0 Å². The molecule has 2 unspecified atom stereocenters. The molecule has 0 heterocycles. The van der Waals surface area contributed by atoms with Crippen LogP contribution in [0.25, 0.3) is 0 Å². The number of hydrogen-bond acceptors (Lipinski definition) is 5. The van der Waals surface area contributed by atoms with Crippen LogP contribution in [0.2, 0.25) is 0 Å². The van der Waals surface area contributed by atoms with E-state index in [2.05, 4.69) is 31.4 Å². The molecule has 5 N–H and O–H groups in total. The number of hydrogen-bond donors (Lipinski definition) is 4. The molecule has 2 saturated carbocycles. The Bertz CT molecular complexity index is 798. The van der Waals surface area contributed by atoms with Crippen LogP contribution in [0, 0.1) is 16.2 Å². The van der Waals surface area contributed by atoms with Crippen LogP contribution in [-0.4, -0.2) is 64.5 Å². The van der Waals surface area contributed by atoms with Gasteiger partial charge >= 0.3 is 0 Å². The Morgan fingerprint density at radius 3 is 2.11 bits per heavy atom. The summed E-state index contributed by atoms with van der Waals surface area (Å²) in [5, 5.41) is 16.5. The maximum absolute atomic E-state index is 13.7. The van der Waals surface area contributed by atoms with Crippen molar-refractivity contribution in [2.75, 3.05) is 6.54 Å². The van der Waals surface area contributed by atoms with E-state index >= 15 is 0 Å². The molecule has 0 spiro atoms. The van der Waals surface area contributed by atoms with E-state index in [1.807, 2.05) is 34.6 Å². The lowest BCUT2D eigenvalue weighted by molar-refractivity contribution is -0.145. The topological polar surface area (TPSA) is 125 Å². The fourth-order valence-corrected chi connectivity index (χ4v) is 5.20. The minimum Gasteiger partial charge on any atom is -0.381 e. The predicted molar refractivity (Wildman–Crippen MR) is 148 cm³/mol. The second-order valence-corrected chi connectivity index (χ2v) is 13.5. The minimum absolute atomic E-state index is 0.00616. The van der Waals surface area contributed by atoms with Crippen molar-refractivity contribution in [3.63, 3.8) is 0 Å². The largest absolute Gasteiger partial charge is 0.381 e. The van der Waals surface area contributed by atoms with Gasteiger partial charge in [0.2, 0.25) is 11.8 Å². The molecule has 214 valence electrons.